The third kappa shape index (κ3) is 12.4. The fraction of sp³-hybridized carbons (Fsp3) is 0.128. The third-order valence-electron chi connectivity index (χ3n) is 21.2. The molecule has 0 saturated heterocycles. The molecule has 0 spiro atoms. The van der Waals surface area contributed by atoms with E-state index < -0.39 is 5.60 Å². The Morgan fingerprint density at radius 2 is 0.755 bits per heavy atom. The van der Waals surface area contributed by atoms with Crippen LogP contribution in [0.5, 0.6) is 0 Å². The highest BCUT2D eigenvalue weighted by Gasteiger charge is 2.38. The number of aromatic nitrogens is 4. The molecule has 11 heterocycles. The molecular weight excluding hydrogens is 1590 g/mol. The van der Waals surface area contributed by atoms with Crippen molar-refractivity contribution in [3.8, 4) is 33.9 Å². The summed E-state index contributed by atoms with van der Waals surface area (Å²) in [6.45, 7) is 13.1. The summed E-state index contributed by atoms with van der Waals surface area (Å²) in [5, 5.41) is 28.8. The van der Waals surface area contributed by atoms with Crippen molar-refractivity contribution in [2.75, 3.05) is 14.2 Å². The van der Waals surface area contributed by atoms with Gasteiger partial charge in [0.25, 0.3) is 0 Å². The predicted octanol–water partition coefficient (Wildman–Crippen LogP) is 27.0. The van der Waals surface area contributed by atoms with Gasteiger partial charge in [-0.2, -0.15) is 0 Å². The zero-order valence-electron chi connectivity index (χ0n) is 61.5. The first-order valence-electron chi connectivity index (χ1n) is 36.2. The highest BCUT2D eigenvalue weighted by molar-refractivity contribution is 9.11. The van der Waals surface area contributed by atoms with E-state index >= 15 is 0 Å². The van der Waals surface area contributed by atoms with Crippen LogP contribution in [0.3, 0.4) is 0 Å². The molecule has 0 saturated carbocycles. The minimum absolute atomic E-state index is 0.0376. The second-order valence-electron chi connectivity index (χ2n) is 28.9. The number of esters is 2. The highest BCUT2D eigenvalue weighted by Crippen LogP contribution is 2.53. The number of benzene rings is 10. The molecule has 0 radical (unpaired) electrons. The molecule has 0 fully saturated rings. The van der Waals surface area contributed by atoms with Crippen molar-refractivity contribution in [3.63, 3.8) is 0 Å². The lowest BCUT2D eigenvalue weighted by atomic mass is 9.79. The average molecular weight is 1660 g/mol. The summed E-state index contributed by atoms with van der Waals surface area (Å²) in [6, 6.07) is 92.0. The van der Waals surface area contributed by atoms with E-state index in [2.05, 4.69) is 312 Å². The maximum atomic E-state index is 12.0. The zero-order chi connectivity index (χ0) is 75.9. The van der Waals surface area contributed by atoms with Crippen LogP contribution in [0, 0.1) is 0 Å². The summed E-state index contributed by atoms with van der Waals surface area (Å²) in [5.74, 6) is -0.589. The number of carbonyl (C=O) groups is 2. The summed E-state index contributed by atoms with van der Waals surface area (Å²) >= 11 is 15.0. The first kappa shape index (κ1) is 72.6. The van der Waals surface area contributed by atoms with Gasteiger partial charge in [0, 0.05) is 68.1 Å². The minimum atomic E-state index is -0.851. The summed E-state index contributed by atoms with van der Waals surface area (Å²) in [7, 11) is 2.78. The SMILES string of the molecule is CC(C)(O)c1sccc1-n1c2ccccc2c2ccccc21.CC1(C)c2sc(Br)cc2-n2c3ccccc3c3cccc1c32.CC1(C)c2sccc2-n2c3ccccc3c3cccc1c32.COC(=O)c1sccc1-n1c2ccccc2c2ccccc21.COC(=O)c1sccc1Br.c1ccc2c(c1)Cc1ccccc1-2. The number of carbonyl (C=O) groups excluding carboxylic acids is 2. The van der Waals surface area contributed by atoms with E-state index in [0.29, 0.717) is 9.75 Å². The number of hydrogen-bond acceptors (Lipinski definition) is 10. The standard InChI is InChI=1S/C19H14BrNS.C19H17NOS.C19H15NS.C18H13NO2S.C13H10.C6H5BrO2S/c1-19(2)13-8-5-7-12-11-6-3-4-9-14(11)21(17(12)13)15-10-16(20)22-18(15)19;1-19(2,21)18-17(11-12-22-18)20-15-9-5-3-7-13(15)14-8-4-6-10-16(14)20;1-19(2)14-8-5-7-13-12-6-3-4-9-15(12)20(17(13)14)16-10-11-21-18(16)19;1-21-18(20)17-16(10-11-22-17)19-14-8-4-2-6-12(14)13-7-3-5-9-15(13)19;1-3-7-12-10(5-1)9-11-6-2-4-8-13(11)12;1-9-6(8)5-4(7)2-3-10-5/h3-10H,1-2H3;3-12,21H,1-2H3;3-11H,1-2H3;2-11H,1H3;1-8H,9H2;2-3H,1H3. The van der Waals surface area contributed by atoms with Gasteiger partial charge in [0.05, 0.1) is 95.4 Å². The molecule has 0 amide bonds. The van der Waals surface area contributed by atoms with Gasteiger partial charge in [-0.1, -0.05) is 222 Å². The van der Waals surface area contributed by atoms with Crippen LogP contribution in [0.2, 0.25) is 0 Å². The topological polar surface area (TPSA) is 92.6 Å². The second kappa shape index (κ2) is 29.2. The van der Waals surface area contributed by atoms with Crippen molar-refractivity contribution in [1.82, 2.24) is 18.3 Å². The first-order valence-corrected chi connectivity index (χ1v) is 42.1. The Kier molecular flexibility index (Phi) is 19.3. The molecule has 544 valence electrons. The lowest BCUT2D eigenvalue weighted by Crippen LogP contribution is -2.24. The van der Waals surface area contributed by atoms with E-state index in [4.69, 9.17) is 4.74 Å². The molecule has 110 heavy (non-hydrogen) atoms. The Balaban J connectivity index is 0.0000000979. The number of nitrogens with zero attached hydrogens (tertiary/aromatic N) is 4. The molecule has 9 nitrogen and oxygen atoms in total. The minimum Gasteiger partial charge on any atom is -0.465 e. The number of thiophene rings is 5. The molecule has 1 aliphatic carbocycles. The third-order valence-corrected chi connectivity index (χ3v) is 28.3. The lowest BCUT2D eigenvalue weighted by molar-refractivity contribution is 0.0597. The summed E-state index contributed by atoms with van der Waals surface area (Å²) in [5.41, 5.74) is 22.4. The van der Waals surface area contributed by atoms with Crippen molar-refractivity contribution in [1.29, 1.82) is 0 Å². The summed E-state index contributed by atoms with van der Waals surface area (Å²) in [4.78, 5) is 28.0. The van der Waals surface area contributed by atoms with E-state index in [9.17, 15) is 14.7 Å². The van der Waals surface area contributed by atoms with Gasteiger partial charge in [-0.15, -0.1) is 56.7 Å². The van der Waals surface area contributed by atoms with Crippen LogP contribution in [0.4, 0.5) is 0 Å². The van der Waals surface area contributed by atoms with E-state index in [0.717, 1.165) is 38.2 Å². The monoisotopic (exact) mass is 1660 g/mol. The normalized spacial score (nSPS) is 13.0. The second-order valence-corrected chi connectivity index (χ2v) is 35.8. The Morgan fingerprint density at radius 1 is 0.391 bits per heavy atom. The van der Waals surface area contributed by atoms with Gasteiger partial charge >= 0.3 is 11.9 Å². The van der Waals surface area contributed by atoms with E-state index in [1.54, 1.807) is 11.3 Å². The van der Waals surface area contributed by atoms with Crippen molar-refractivity contribution >= 4 is 188 Å². The molecular formula is C94H74Br2N4O5S5. The fourth-order valence-electron chi connectivity index (χ4n) is 16.3. The maximum Gasteiger partial charge on any atom is 0.350 e. The predicted molar refractivity (Wildman–Crippen MR) is 471 cm³/mol. The molecule has 0 bridgehead atoms. The average Bonchev–Trinajstić information content (AvgIpc) is 1.54. The molecule has 2 aliphatic heterocycles. The molecule has 19 aromatic rings. The Hall–Kier alpha value is -10.2. The van der Waals surface area contributed by atoms with Gasteiger partial charge in [0.15, 0.2) is 0 Å². The Morgan fingerprint density at radius 3 is 1.23 bits per heavy atom. The summed E-state index contributed by atoms with van der Waals surface area (Å²) < 4.78 is 20.7. The Labute approximate surface area is 674 Å². The van der Waals surface area contributed by atoms with Crippen molar-refractivity contribution < 1.29 is 24.2 Å². The van der Waals surface area contributed by atoms with Crippen molar-refractivity contribution in [2.24, 2.45) is 0 Å². The molecule has 0 unspecified atom stereocenters. The van der Waals surface area contributed by atoms with Crippen LogP contribution in [0.25, 0.3) is 121 Å². The van der Waals surface area contributed by atoms with Crippen LogP contribution in [0.15, 0.2) is 291 Å². The lowest BCUT2D eigenvalue weighted by Gasteiger charge is -2.32. The molecule has 1 N–H and O–H groups in total. The fourth-order valence-corrected chi connectivity index (χ4v) is 22.2. The van der Waals surface area contributed by atoms with Gasteiger partial charge in [0.1, 0.15) is 9.75 Å². The number of para-hydroxylation sites is 8. The Bertz CT molecular complexity index is 6630. The van der Waals surface area contributed by atoms with Gasteiger partial charge in [-0.05, 0) is 174 Å². The van der Waals surface area contributed by atoms with Crippen LogP contribution < -0.4 is 0 Å². The molecule has 10 aromatic carbocycles. The van der Waals surface area contributed by atoms with E-state index in [1.165, 1.54) is 171 Å². The zero-order valence-corrected chi connectivity index (χ0v) is 68.8. The van der Waals surface area contributed by atoms with Crippen LogP contribution in [-0.4, -0.2) is 49.5 Å². The van der Waals surface area contributed by atoms with Gasteiger partial charge in [0.2, 0.25) is 0 Å². The largest absolute Gasteiger partial charge is 0.465 e. The smallest absolute Gasteiger partial charge is 0.350 e. The molecule has 22 rings (SSSR count). The first-order chi connectivity index (χ1) is 53.4. The highest BCUT2D eigenvalue weighted by atomic mass is 79.9. The van der Waals surface area contributed by atoms with Crippen LogP contribution in [-0.2, 0) is 32.3 Å². The number of rotatable bonds is 5. The number of aliphatic hydroxyl groups is 1. The van der Waals surface area contributed by atoms with Gasteiger partial charge < -0.3 is 32.8 Å². The van der Waals surface area contributed by atoms with Crippen LogP contribution >= 0.6 is 88.5 Å². The number of methoxy groups -OCH3 is 2. The number of hydrogen-bond donors (Lipinski definition) is 1. The number of halogens is 2. The maximum absolute atomic E-state index is 12.0. The van der Waals surface area contributed by atoms with Crippen molar-refractivity contribution in [2.45, 2.75) is 64.4 Å². The molecule has 0 atom stereocenters. The van der Waals surface area contributed by atoms with E-state index in [1.807, 2.05) is 89.1 Å². The molecule has 3 aliphatic rings. The van der Waals surface area contributed by atoms with Crippen LogP contribution in [0.1, 0.15) is 97.8 Å². The van der Waals surface area contributed by atoms with Crippen molar-refractivity contribution in [3.05, 3.63) is 337 Å². The van der Waals surface area contributed by atoms with E-state index in [-0.39, 0.29) is 22.8 Å². The molecule has 16 heteroatoms. The number of ether oxygens (including phenoxy) is 2. The van der Waals surface area contributed by atoms with Gasteiger partial charge in [-0.3, -0.25) is 0 Å². The quantitative estimate of drug-likeness (QED) is 0.173. The molecule has 9 aromatic heterocycles. The summed E-state index contributed by atoms with van der Waals surface area (Å²) in [6.07, 6.45) is 1.10. The van der Waals surface area contributed by atoms with Gasteiger partial charge in [-0.25, -0.2) is 9.59 Å². The number of fused-ring (bicyclic) bond motifs is 19.